The Morgan fingerprint density at radius 3 is 2.20 bits per heavy atom. The minimum atomic E-state index is -0.737. The molecule has 3 aliphatic carbocycles. The molecule has 6 atom stereocenters. The monoisotopic (exact) mass is 484 g/mol. The van der Waals surface area contributed by atoms with E-state index in [2.05, 4.69) is 54.7 Å². The first-order valence-electron chi connectivity index (χ1n) is 13.7. The van der Waals surface area contributed by atoms with E-state index in [1.807, 2.05) is 0 Å². The van der Waals surface area contributed by atoms with E-state index >= 15 is 0 Å². The molecule has 3 rings (SSSR count). The minimum Gasteiger partial charge on any atom is -0.481 e. The fraction of sp³-hybridized carbons (Fsp3) is 0.742. The highest BCUT2D eigenvalue weighted by Crippen LogP contribution is 2.71. The summed E-state index contributed by atoms with van der Waals surface area (Å²) >= 11 is 0. The lowest BCUT2D eigenvalue weighted by Gasteiger charge is -2.57. The van der Waals surface area contributed by atoms with Crippen LogP contribution in [0.2, 0.25) is 0 Å². The maximum absolute atomic E-state index is 12.5. The minimum absolute atomic E-state index is 0.0292. The molecule has 0 radical (unpaired) electrons. The maximum Gasteiger partial charge on any atom is 0.306 e. The molecule has 0 bridgehead atoms. The average Bonchev–Trinajstić information content (AvgIpc) is 3.03. The summed E-state index contributed by atoms with van der Waals surface area (Å²) in [6.07, 6.45) is 8.20. The van der Waals surface area contributed by atoms with Crippen LogP contribution in [-0.4, -0.2) is 22.2 Å². The molecule has 3 aliphatic rings. The first-order chi connectivity index (χ1) is 16.2. The van der Waals surface area contributed by atoms with Gasteiger partial charge in [-0.1, -0.05) is 70.1 Å². The Labute approximate surface area is 213 Å². The second-order valence-corrected chi connectivity index (χ2v) is 12.9. The Morgan fingerprint density at radius 1 is 1.00 bits per heavy atom. The summed E-state index contributed by atoms with van der Waals surface area (Å²) in [4.78, 5) is 24.1. The van der Waals surface area contributed by atoms with Gasteiger partial charge in [0, 0.05) is 6.42 Å². The van der Waals surface area contributed by atoms with Crippen molar-refractivity contribution >= 4 is 11.9 Å². The molecule has 196 valence electrons. The molecule has 0 saturated heterocycles. The maximum atomic E-state index is 12.5. The summed E-state index contributed by atoms with van der Waals surface area (Å²) in [5, 5.41) is 19.8. The number of fused-ring (bicyclic) bond motifs is 2. The quantitative estimate of drug-likeness (QED) is 0.308. The zero-order valence-corrected chi connectivity index (χ0v) is 23.0. The van der Waals surface area contributed by atoms with Gasteiger partial charge in [-0.15, -0.1) is 0 Å². The summed E-state index contributed by atoms with van der Waals surface area (Å²) < 4.78 is 0. The van der Waals surface area contributed by atoms with E-state index in [4.69, 9.17) is 0 Å². The lowest BCUT2D eigenvalue weighted by atomic mass is 9.47. The number of carboxylic acid groups (broad SMARTS) is 2. The van der Waals surface area contributed by atoms with Gasteiger partial charge in [0.25, 0.3) is 0 Å². The van der Waals surface area contributed by atoms with E-state index in [0.717, 1.165) is 56.1 Å². The fourth-order valence-electron chi connectivity index (χ4n) is 8.41. The summed E-state index contributed by atoms with van der Waals surface area (Å²) in [5.74, 6) is -0.899. The molecule has 2 N–H and O–H groups in total. The molecule has 4 heteroatoms. The number of carbonyl (C=O) groups is 2. The molecule has 1 fully saturated rings. The number of aliphatic carboxylic acids is 2. The van der Waals surface area contributed by atoms with Crippen molar-refractivity contribution < 1.29 is 19.8 Å². The van der Waals surface area contributed by atoms with Crippen molar-refractivity contribution in [1.82, 2.24) is 0 Å². The zero-order valence-electron chi connectivity index (χ0n) is 23.0. The molecule has 0 aromatic heterocycles. The molecule has 0 aromatic carbocycles. The predicted molar refractivity (Wildman–Crippen MR) is 142 cm³/mol. The van der Waals surface area contributed by atoms with Crippen molar-refractivity contribution in [2.45, 2.75) is 106 Å². The van der Waals surface area contributed by atoms with E-state index in [-0.39, 0.29) is 34.5 Å². The van der Waals surface area contributed by atoms with Gasteiger partial charge in [0.15, 0.2) is 0 Å². The lowest BCUT2D eigenvalue weighted by molar-refractivity contribution is -0.146. The van der Waals surface area contributed by atoms with E-state index in [1.54, 1.807) is 0 Å². The molecular weight excluding hydrogens is 436 g/mol. The first kappa shape index (κ1) is 27.7. The summed E-state index contributed by atoms with van der Waals surface area (Å²) in [5.41, 5.74) is 5.03. The van der Waals surface area contributed by atoms with Crippen LogP contribution in [-0.2, 0) is 9.59 Å². The Balaban J connectivity index is 1.99. The third-order valence-electron chi connectivity index (χ3n) is 10.9. The number of hydrogen-bond donors (Lipinski definition) is 2. The van der Waals surface area contributed by atoms with Gasteiger partial charge in [-0.05, 0) is 98.7 Å². The van der Waals surface area contributed by atoms with Gasteiger partial charge in [-0.3, -0.25) is 9.59 Å². The summed E-state index contributed by atoms with van der Waals surface area (Å²) in [7, 11) is 0. The van der Waals surface area contributed by atoms with Crippen LogP contribution >= 0.6 is 0 Å². The Hall–Kier alpha value is -1.84. The Bertz CT molecular complexity index is 926. The van der Waals surface area contributed by atoms with Crippen molar-refractivity contribution in [3.8, 4) is 0 Å². The molecule has 0 aliphatic heterocycles. The third kappa shape index (κ3) is 4.67. The fourth-order valence-corrected chi connectivity index (χ4v) is 8.41. The smallest absolute Gasteiger partial charge is 0.306 e. The van der Waals surface area contributed by atoms with Crippen molar-refractivity contribution in [1.29, 1.82) is 0 Å². The number of carboxylic acids is 2. The Kier molecular flexibility index (Phi) is 7.85. The highest BCUT2D eigenvalue weighted by atomic mass is 16.4. The summed E-state index contributed by atoms with van der Waals surface area (Å²) in [6.45, 7) is 21.9. The number of hydrogen-bond acceptors (Lipinski definition) is 2. The van der Waals surface area contributed by atoms with Crippen LogP contribution in [0.5, 0.6) is 0 Å². The Morgan fingerprint density at radius 2 is 1.66 bits per heavy atom. The van der Waals surface area contributed by atoms with Crippen LogP contribution in [0.15, 0.2) is 35.5 Å². The van der Waals surface area contributed by atoms with Crippen LogP contribution in [0.25, 0.3) is 0 Å². The number of allylic oxidation sites excluding steroid dienone is 4. The zero-order chi connectivity index (χ0) is 26.3. The topological polar surface area (TPSA) is 74.6 Å². The molecule has 0 spiro atoms. The lowest BCUT2D eigenvalue weighted by Crippen LogP contribution is -2.49. The van der Waals surface area contributed by atoms with E-state index in [0.29, 0.717) is 24.7 Å². The summed E-state index contributed by atoms with van der Waals surface area (Å²) in [6, 6.07) is 0. The van der Waals surface area contributed by atoms with E-state index in [9.17, 15) is 19.8 Å². The van der Waals surface area contributed by atoms with Crippen LogP contribution in [0.1, 0.15) is 106 Å². The molecule has 1 saturated carbocycles. The molecule has 4 nitrogen and oxygen atoms in total. The second-order valence-electron chi connectivity index (χ2n) is 12.9. The van der Waals surface area contributed by atoms with Gasteiger partial charge < -0.3 is 10.2 Å². The standard InChI is InChI=1S/C31H48O4/c1-19(2)21(5)9-10-22(28(34)35)24-13-17-31(8)26-12-11-23(20(3)4)29(6,16-15-27(32)33)25(26)14-18-30(24,31)7/h19,22-24H,3,5,9-18H2,1-2,4,6-8H3,(H,32,33)(H,34,35). The molecule has 35 heavy (non-hydrogen) atoms. The molecular formula is C31H48O4. The average molecular weight is 485 g/mol. The number of rotatable bonds is 10. The molecule has 0 amide bonds. The van der Waals surface area contributed by atoms with Gasteiger partial charge in [-0.2, -0.15) is 0 Å². The third-order valence-corrected chi connectivity index (χ3v) is 10.9. The van der Waals surface area contributed by atoms with Crippen LogP contribution in [0.4, 0.5) is 0 Å². The van der Waals surface area contributed by atoms with Gasteiger partial charge in [0.1, 0.15) is 0 Å². The van der Waals surface area contributed by atoms with E-state index < -0.39 is 11.9 Å². The van der Waals surface area contributed by atoms with E-state index in [1.165, 1.54) is 11.1 Å². The molecule has 6 unspecified atom stereocenters. The molecule has 0 aromatic rings. The second kappa shape index (κ2) is 9.90. The van der Waals surface area contributed by atoms with Crippen LogP contribution in [0.3, 0.4) is 0 Å². The van der Waals surface area contributed by atoms with Gasteiger partial charge in [0.05, 0.1) is 5.92 Å². The SMILES string of the molecule is C=C(CCC(C(=O)O)C1CCC2(C)C3=C(CCC12C)C(C)(CCC(=O)O)C(C(=C)C)CC3)C(C)C. The van der Waals surface area contributed by atoms with Crippen molar-refractivity contribution in [2.75, 3.05) is 0 Å². The van der Waals surface area contributed by atoms with Gasteiger partial charge >= 0.3 is 11.9 Å². The van der Waals surface area contributed by atoms with Gasteiger partial charge in [-0.25, -0.2) is 0 Å². The van der Waals surface area contributed by atoms with Crippen molar-refractivity contribution in [3.05, 3.63) is 35.5 Å². The molecule has 0 heterocycles. The van der Waals surface area contributed by atoms with Crippen LogP contribution in [0, 0.1) is 39.9 Å². The van der Waals surface area contributed by atoms with Crippen LogP contribution < -0.4 is 0 Å². The highest BCUT2D eigenvalue weighted by Gasteiger charge is 2.62. The normalized spacial score (nSPS) is 35.4. The highest BCUT2D eigenvalue weighted by molar-refractivity contribution is 5.71. The van der Waals surface area contributed by atoms with Gasteiger partial charge in [0.2, 0.25) is 0 Å². The first-order valence-corrected chi connectivity index (χ1v) is 13.7. The van der Waals surface area contributed by atoms with Crippen molar-refractivity contribution in [2.24, 2.45) is 39.9 Å². The van der Waals surface area contributed by atoms with Crippen molar-refractivity contribution in [3.63, 3.8) is 0 Å². The largest absolute Gasteiger partial charge is 0.481 e. The predicted octanol–water partition coefficient (Wildman–Crippen LogP) is 8.05.